The van der Waals surface area contributed by atoms with E-state index in [-0.39, 0.29) is 22.8 Å². The van der Waals surface area contributed by atoms with Crippen molar-refractivity contribution in [3.05, 3.63) is 99.1 Å². The van der Waals surface area contributed by atoms with Crippen molar-refractivity contribution in [2.75, 3.05) is 0 Å². The van der Waals surface area contributed by atoms with Gasteiger partial charge in [0.2, 0.25) is 10.0 Å². The van der Waals surface area contributed by atoms with Gasteiger partial charge in [0.15, 0.2) is 0 Å². The van der Waals surface area contributed by atoms with E-state index in [9.17, 15) is 22.7 Å². The van der Waals surface area contributed by atoms with Gasteiger partial charge in [-0.3, -0.25) is 4.79 Å². The van der Waals surface area contributed by atoms with Crippen LogP contribution >= 0.6 is 11.6 Å². The molecule has 0 bridgehead atoms. The number of hydrogen-bond donors (Lipinski definition) is 2. The summed E-state index contributed by atoms with van der Waals surface area (Å²) in [7, 11) is -4.77. The van der Waals surface area contributed by atoms with Crippen LogP contribution < -0.4 is 4.72 Å². The lowest BCUT2D eigenvalue weighted by Gasteiger charge is -2.25. The number of aliphatic carboxylic acids is 1. The van der Waals surface area contributed by atoms with E-state index in [1.54, 1.807) is 19.9 Å². The van der Waals surface area contributed by atoms with Crippen LogP contribution in [-0.2, 0) is 26.2 Å². The second kappa shape index (κ2) is 11.7. The SMILES string of the molecule is Cc1ccc(F)c(C(C)C(NS(=O)(=O)c2c(F)cc(Cl)cc2C(C)OCc2ccccc2)C(=O)O)c1C. The number of carboxylic acid groups (broad SMARTS) is 1. The van der Waals surface area contributed by atoms with Gasteiger partial charge in [-0.1, -0.05) is 54.9 Å². The minimum Gasteiger partial charge on any atom is -0.480 e. The molecule has 0 saturated heterocycles. The molecule has 0 aromatic heterocycles. The molecule has 3 rings (SSSR count). The normalized spacial score (nSPS) is 14.2. The molecule has 2 N–H and O–H groups in total. The summed E-state index contributed by atoms with van der Waals surface area (Å²) in [5.41, 5.74) is 2.01. The first-order valence-corrected chi connectivity index (χ1v) is 13.3. The molecule has 0 heterocycles. The molecule has 0 aliphatic carbocycles. The molecule has 6 nitrogen and oxygen atoms in total. The summed E-state index contributed by atoms with van der Waals surface area (Å²) < 4.78 is 64.6. The second-order valence-electron chi connectivity index (χ2n) is 8.87. The van der Waals surface area contributed by atoms with Gasteiger partial charge in [-0.2, -0.15) is 4.72 Å². The van der Waals surface area contributed by atoms with E-state index in [1.807, 2.05) is 30.3 Å². The molecule has 0 amide bonds. The summed E-state index contributed by atoms with van der Waals surface area (Å²) in [6.07, 6.45) is -0.919. The highest BCUT2D eigenvalue weighted by molar-refractivity contribution is 7.89. The van der Waals surface area contributed by atoms with Crippen molar-refractivity contribution in [2.45, 2.75) is 57.3 Å². The minimum atomic E-state index is -4.77. The Kier molecular flexibility index (Phi) is 9.07. The predicted molar refractivity (Wildman–Crippen MR) is 137 cm³/mol. The van der Waals surface area contributed by atoms with Gasteiger partial charge in [0.1, 0.15) is 22.6 Å². The van der Waals surface area contributed by atoms with Gasteiger partial charge >= 0.3 is 5.97 Å². The highest BCUT2D eigenvalue weighted by Crippen LogP contribution is 2.33. The number of carbonyl (C=O) groups is 1. The average Bonchev–Trinajstić information content (AvgIpc) is 2.83. The van der Waals surface area contributed by atoms with E-state index in [4.69, 9.17) is 16.3 Å². The lowest BCUT2D eigenvalue weighted by atomic mass is 9.88. The molecule has 0 aliphatic heterocycles. The van der Waals surface area contributed by atoms with Crippen molar-refractivity contribution >= 4 is 27.6 Å². The number of halogens is 3. The summed E-state index contributed by atoms with van der Waals surface area (Å²) in [5.74, 6) is -4.49. The van der Waals surface area contributed by atoms with E-state index in [1.165, 1.54) is 26.0 Å². The molecule has 3 unspecified atom stereocenters. The highest BCUT2D eigenvalue weighted by atomic mass is 35.5. The standard InChI is InChI=1S/C27H28ClF2NO5S/c1-15-10-11-22(29)24(16(15)2)17(3)25(27(32)33)31-37(34,35)26-21(12-20(28)13-23(26)30)18(4)36-14-19-8-6-5-7-9-19/h5-13,17-18,25,31H,14H2,1-4H3,(H,32,33). The van der Waals surface area contributed by atoms with E-state index in [0.29, 0.717) is 11.1 Å². The first kappa shape index (κ1) is 28.7. The molecule has 10 heteroatoms. The zero-order chi connectivity index (χ0) is 27.5. The Hall–Kier alpha value is -2.85. The van der Waals surface area contributed by atoms with Gasteiger partial charge in [-0.25, -0.2) is 17.2 Å². The number of aryl methyl sites for hydroxylation is 1. The third-order valence-corrected chi connectivity index (χ3v) is 8.07. The topological polar surface area (TPSA) is 92.7 Å². The third kappa shape index (κ3) is 6.54. The van der Waals surface area contributed by atoms with Crippen LogP contribution in [0.25, 0.3) is 0 Å². The number of nitrogens with one attached hydrogen (secondary N) is 1. The highest BCUT2D eigenvalue weighted by Gasteiger charge is 2.36. The van der Waals surface area contributed by atoms with Crippen LogP contribution in [0.5, 0.6) is 0 Å². The lowest BCUT2D eigenvalue weighted by Crippen LogP contribution is -2.45. The van der Waals surface area contributed by atoms with Crippen LogP contribution in [-0.4, -0.2) is 25.5 Å². The molecule has 0 spiro atoms. The molecule has 0 aliphatic rings. The van der Waals surface area contributed by atoms with Crippen molar-refractivity contribution in [3.63, 3.8) is 0 Å². The molecule has 3 aromatic rings. The van der Waals surface area contributed by atoms with Crippen LogP contribution in [0, 0.1) is 25.5 Å². The maximum Gasteiger partial charge on any atom is 0.322 e. The first-order chi connectivity index (χ1) is 17.3. The number of hydrogen-bond acceptors (Lipinski definition) is 4. The Morgan fingerprint density at radius 3 is 2.32 bits per heavy atom. The van der Waals surface area contributed by atoms with E-state index in [0.717, 1.165) is 11.6 Å². The van der Waals surface area contributed by atoms with Gasteiger partial charge in [-0.15, -0.1) is 0 Å². The van der Waals surface area contributed by atoms with Crippen molar-refractivity contribution in [1.82, 2.24) is 4.72 Å². The Balaban J connectivity index is 1.99. The van der Waals surface area contributed by atoms with Crippen LogP contribution in [0.15, 0.2) is 59.5 Å². The fraction of sp³-hybridized carbons (Fsp3) is 0.296. The number of ether oxygens (including phenoxy) is 1. The zero-order valence-corrected chi connectivity index (χ0v) is 22.3. The Morgan fingerprint density at radius 2 is 1.70 bits per heavy atom. The zero-order valence-electron chi connectivity index (χ0n) is 20.8. The fourth-order valence-electron chi connectivity index (χ4n) is 4.17. The molecular weight excluding hydrogens is 524 g/mol. The summed E-state index contributed by atoms with van der Waals surface area (Å²) in [6, 6.07) is 12.1. The third-order valence-electron chi connectivity index (χ3n) is 6.32. The molecule has 0 radical (unpaired) electrons. The summed E-state index contributed by atoms with van der Waals surface area (Å²) >= 11 is 6.02. The number of benzene rings is 3. The largest absolute Gasteiger partial charge is 0.480 e. The van der Waals surface area contributed by atoms with Crippen LogP contribution in [0.2, 0.25) is 5.02 Å². The first-order valence-electron chi connectivity index (χ1n) is 11.5. The Morgan fingerprint density at radius 1 is 1.05 bits per heavy atom. The molecule has 3 aromatic carbocycles. The summed E-state index contributed by atoms with van der Waals surface area (Å²) in [5, 5.41) is 9.83. The van der Waals surface area contributed by atoms with Crippen molar-refractivity contribution in [1.29, 1.82) is 0 Å². The number of sulfonamides is 1. The molecule has 3 atom stereocenters. The maximum atomic E-state index is 15.1. The molecule has 0 fully saturated rings. The minimum absolute atomic E-state index is 0.0535. The molecule has 198 valence electrons. The summed E-state index contributed by atoms with van der Waals surface area (Å²) in [6.45, 7) is 6.41. The fourth-order valence-corrected chi connectivity index (χ4v) is 5.99. The van der Waals surface area contributed by atoms with Crippen molar-refractivity contribution in [3.8, 4) is 0 Å². The quantitative estimate of drug-likeness (QED) is 0.320. The van der Waals surface area contributed by atoms with Crippen LogP contribution in [0.3, 0.4) is 0 Å². The van der Waals surface area contributed by atoms with Crippen molar-refractivity contribution < 1.29 is 31.8 Å². The van der Waals surface area contributed by atoms with E-state index >= 15 is 4.39 Å². The monoisotopic (exact) mass is 551 g/mol. The average molecular weight is 552 g/mol. The Bertz CT molecular complexity index is 1400. The molecule has 37 heavy (non-hydrogen) atoms. The van der Waals surface area contributed by atoms with Crippen molar-refractivity contribution in [2.24, 2.45) is 0 Å². The van der Waals surface area contributed by atoms with E-state index in [2.05, 4.69) is 4.72 Å². The molecule has 0 saturated carbocycles. The Labute approximate surface area is 220 Å². The second-order valence-corrected chi connectivity index (χ2v) is 11.0. The maximum absolute atomic E-state index is 15.1. The van der Waals surface area contributed by atoms with Gasteiger partial charge in [-0.05, 0) is 61.2 Å². The van der Waals surface area contributed by atoms with E-state index < -0.39 is 50.6 Å². The van der Waals surface area contributed by atoms with Gasteiger partial charge in [0.05, 0.1) is 12.7 Å². The smallest absolute Gasteiger partial charge is 0.322 e. The molecular formula is C27H28ClF2NO5S. The van der Waals surface area contributed by atoms with Gasteiger partial charge in [0.25, 0.3) is 0 Å². The van der Waals surface area contributed by atoms with Gasteiger partial charge in [0, 0.05) is 16.5 Å². The number of carboxylic acids is 1. The number of rotatable bonds is 10. The van der Waals surface area contributed by atoms with Crippen LogP contribution in [0.4, 0.5) is 8.78 Å². The van der Waals surface area contributed by atoms with Crippen LogP contribution in [0.1, 0.15) is 53.7 Å². The predicted octanol–water partition coefficient (Wildman–Crippen LogP) is 6.05. The van der Waals surface area contributed by atoms with Gasteiger partial charge < -0.3 is 9.84 Å². The summed E-state index contributed by atoms with van der Waals surface area (Å²) in [4.78, 5) is 11.4. The lowest BCUT2D eigenvalue weighted by molar-refractivity contribution is -0.139.